The van der Waals surface area contributed by atoms with Crippen molar-refractivity contribution in [1.29, 1.82) is 0 Å². The summed E-state index contributed by atoms with van der Waals surface area (Å²) in [6, 6.07) is 0. The van der Waals surface area contributed by atoms with Gasteiger partial charge in [-0.1, -0.05) is 80.7 Å². The Labute approximate surface area is 109 Å². The van der Waals surface area contributed by atoms with Crippen molar-refractivity contribution in [3.8, 4) is 0 Å². The van der Waals surface area contributed by atoms with Gasteiger partial charge in [-0.2, -0.15) is 0 Å². The van der Waals surface area contributed by atoms with Gasteiger partial charge in [0.1, 0.15) is 0 Å². The third-order valence-corrected chi connectivity index (χ3v) is 0.498. The van der Waals surface area contributed by atoms with Crippen LogP contribution in [0.3, 0.4) is 0 Å². The van der Waals surface area contributed by atoms with Crippen LogP contribution in [0.4, 0.5) is 0 Å². The summed E-state index contributed by atoms with van der Waals surface area (Å²) in [6.07, 6.45) is 3.44. The lowest BCUT2D eigenvalue weighted by Gasteiger charge is -1.71. The van der Waals surface area contributed by atoms with Gasteiger partial charge in [-0.05, 0) is 12.2 Å². The lowest BCUT2D eigenvalue weighted by atomic mass is 10.6. The van der Waals surface area contributed by atoms with E-state index < -0.39 is 0 Å². The van der Waals surface area contributed by atoms with Crippen molar-refractivity contribution in [2.75, 3.05) is 0 Å². The summed E-state index contributed by atoms with van der Waals surface area (Å²) in [5.41, 5.74) is 0. The SMILES string of the molecule is C=CC.C=CC(=C)P.CC.CC.CC.CC. The number of hydrogen-bond acceptors (Lipinski definition) is 0. The molecule has 0 rings (SSSR count). The molecule has 0 radical (unpaired) electrons. The maximum Gasteiger partial charge on any atom is -0.0380 e. The van der Waals surface area contributed by atoms with E-state index in [0.717, 1.165) is 5.31 Å². The molecule has 16 heavy (non-hydrogen) atoms. The maximum absolute atomic E-state index is 3.52. The second-order valence-corrected chi connectivity index (χ2v) is 1.93. The molecule has 0 heterocycles. The summed E-state index contributed by atoms with van der Waals surface area (Å²) >= 11 is 0. The molecular formula is C15H37P. The molecule has 0 nitrogen and oxygen atoms in total. The molecule has 0 aliphatic heterocycles. The molecule has 0 saturated heterocycles. The van der Waals surface area contributed by atoms with Crippen LogP contribution in [0.5, 0.6) is 0 Å². The van der Waals surface area contributed by atoms with Crippen LogP contribution < -0.4 is 0 Å². The summed E-state index contributed by atoms with van der Waals surface area (Å²) in [4.78, 5) is 0. The second-order valence-electron chi connectivity index (χ2n) is 1.19. The van der Waals surface area contributed by atoms with E-state index in [1.54, 1.807) is 12.2 Å². The minimum Gasteiger partial charge on any atom is -0.106 e. The molecule has 1 unspecified atom stereocenters. The number of hydrogen-bond donors (Lipinski definition) is 0. The van der Waals surface area contributed by atoms with Crippen molar-refractivity contribution in [1.82, 2.24) is 0 Å². The monoisotopic (exact) mass is 248 g/mol. The van der Waals surface area contributed by atoms with E-state index in [1.807, 2.05) is 62.3 Å². The van der Waals surface area contributed by atoms with Gasteiger partial charge in [-0.3, -0.25) is 0 Å². The summed E-state index contributed by atoms with van der Waals surface area (Å²) < 4.78 is 0. The molecule has 0 amide bonds. The van der Waals surface area contributed by atoms with Crippen molar-refractivity contribution in [2.24, 2.45) is 0 Å². The third-order valence-electron chi connectivity index (χ3n) is 0.262. The van der Waals surface area contributed by atoms with Crippen molar-refractivity contribution >= 4 is 9.24 Å². The molecule has 0 saturated carbocycles. The normalized spacial score (nSPS) is 4.38. The Kier molecular flexibility index (Phi) is 285. The highest BCUT2D eigenvalue weighted by Crippen LogP contribution is 1.98. The summed E-state index contributed by atoms with van der Waals surface area (Å²) in [5, 5.41) is 0.935. The molecule has 0 fully saturated rings. The molecular weight excluding hydrogens is 211 g/mol. The fourth-order valence-corrected chi connectivity index (χ4v) is 0. The van der Waals surface area contributed by atoms with Crippen molar-refractivity contribution in [3.63, 3.8) is 0 Å². The van der Waals surface area contributed by atoms with Crippen molar-refractivity contribution in [3.05, 3.63) is 37.2 Å². The quantitative estimate of drug-likeness (QED) is 0.270. The molecule has 1 heteroatoms. The zero-order chi connectivity index (χ0) is 15.0. The molecule has 0 aromatic rings. The predicted octanol–water partition coefficient (Wildman–Crippen LogP) is 6.86. The van der Waals surface area contributed by atoms with Gasteiger partial charge in [0.05, 0.1) is 0 Å². The van der Waals surface area contributed by atoms with E-state index in [0.29, 0.717) is 0 Å². The van der Waals surface area contributed by atoms with Crippen LogP contribution in [0.15, 0.2) is 37.2 Å². The van der Waals surface area contributed by atoms with Gasteiger partial charge in [0.2, 0.25) is 0 Å². The number of rotatable bonds is 1. The van der Waals surface area contributed by atoms with Crippen LogP contribution in [0.25, 0.3) is 0 Å². The Morgan fingerprint density at radius 3 is 0.875 bits per heavy atom. The van der Waals surface area contributed by atoms with E-state index in [9.17, 15) is 0 Å². The first-order valence-electron chi connectivity index (χ1n) is 6.32. The zero-order valence-corrected chi connectivity index (χ0v) is 14.5. The first kappa shape index (κ1) is 36.1. The van der Waals surface area contributed by atoms with Crippen molar-refractivity contribution < 1.29 is 0 Å². The minimum absolute atomic E-state index is 0.935. The van der Waals surface area contributed by atoms with Crippen LogP contribution in [0, 0.1) is 0 Å². The van der Waals surface area contributed by atoms with Crippen LogP contribution >= 0.6 is 9.24 Å². The van der Waals surface area contributed by atoms with Gasteiger partial charge in [-0.25, -0.2) is 0 Å². The molecule has 1 atom stereocenters. The minimum atomic E-state index is 0.935. The molecule has 102 valence electrons. The summed E-state index contributed by atoms with van der Waals surface area (Å²) in [7, 11) is 2.42. The standard InChI is InChI=1S/C4H7P.C3H6.4C2H6/c1-3-4(2)5;1-3-2;4*1-2/h3H,1-2,5H2;3H,1H2,2H3;4*1-2H3. The van der Waals surface area contributed by atoms with Gasteiger partial charge < -0.3 is 0 Å². The van der Waals surface area contributed by atoms with Gasteiger partial charge >= 0.3 is 0 Å². The largest absolute Gasteiger partial charge is 0.106 e. The molecule has 0 bridgehead atoms. The lowest BCUT2D eigenvalue weighted by Crippen LogP contribution is -1.41. The van der Waals surface area contributed by atoms with Crippen LogP contribution in [0.1, 0.15) is 62.3 Å². The maximum atomic E-state index is 3.52. The Balaban J connectivity index is -0.0000000201. The van der Waals surface area contributed by atoms with Crippen LogP contribution in [-0.2, 0) is 0 Å². The van der Waals surface area contributed by atoms with Gasteiger partial charge in [-0.15, -0.1) is 15.8 Å². The van der Waals surface area contributed by atoms with Crippen LogP contribution in [0.2, 0.25) is 0 Å². The Morgan fingerprint density at radius 1 is 0.812 bits per heavy atom. The first-order chi connectivity index (χ1) is 7.68. The van der Waals surface area contributed by atoms with Gasteiger partial charge in [0.15, 0.2) is 0 Å². The fourth-order valence-electron chi connectivity index (χ4n) is 0. The van der Waals surface area contributed by atoms with E-state index in [2.05, 4.69) is 29.0 Å². The zero-order valence-electron chi connectivity index (χ0n) is 13.4. The summed E-state index contributed by atoms with van der Waals surface area (Å²) in [5.74, 6) is 0. The second kappa shape index (κ2) is 126. The average molecular weight is 248 g/mol. The Hall–Kier alpha value is -0.350. The van der Waals surface area contributed by atoms with E-state index in [4.69, 9.17) is 0 Å². The molecule has 0 N–H and O–H groups in total. The van der Waals surface area contributed by atoms with E-state index in [1.165, 1.54) is 0 Å². The van der Waals surface area contributed by atoms with Gasteiger partial charge in [0.25, 0.3) is 0 Å². The molecule has 0 aromatic carbocycles. The van der Waals surface area contributed by atoms with Crippen molar-refractivity contribution in [2.45, 2.75) is 62.3 Å². The topological polar surface area (TPSA) is 0 Å². The highest BCUT2D eigenvalue weighted by Gasteiger charge is 1.59. The van der Waals surface area contributed by atoms with E-state index in [-0.39, 0.29) is 0 Å². The molecule has 0 aliphatic carbocycles. The Bertz CT molecular complexity index is 83.4. The average Bonchev–Trinajstić information content (AvgIpc) is 2.40. The molecule has 0 aromatic heterocycles. The van der Waals surface area contributed by atoms with Crippen LogP contribution in [-0.4, -0.2) is 0 Å². The summed E-state index contributed by atoms with van der Waals surface area (Å²) in [6.45, 7) is 28.2. The molecule has 0 aliphatic rings. The predicted molar refractivity (Wildman–Crippen MR) is 90.3 cm³/mol. The first-order valence-corrected chi connectivity index (χ1v) is 6.90. The Morgan fingerprint density at radius 2 is 0.875 bits per heavy atom. The number of allylic oxidation sites excluding steroid dienone is 3. The van der Waals surface area contributed by atoms with Gasteiger partial charge in [0, 0.05) is 0 Å². The molecule has 0 spiro atoms. The third kappa shape index (κ3) is 802. The fraction of sp³-hybridized carbons (Fsp3) is 0.600. The smallest absolute Gasteiger partial charge is 0.0380 e. The van der Waals surface area contributed by atoms with E-state index >= 15 is 0 Å². The highest BCUT2D eigenvalue weighted by molar-refractivity contribution is 7.22. The highest BCUT2D eigenvalue weighted by atomic mass is 31.0. The lowest BCUT2D eigenvalue weighted by molar-refractivity contribution is 1.50.